The highest BCUT2D eigenvalue weighted by Gasteiger charge is 2.27. The van der Waals surface area contributed by atoms with Gasteiger partial charge in [-0.25, -0.2) is 9.97 Å². The van der Waals surface area contributed by atoms with E-state index < -0.39 is 5.60 Å². The predicted molar refractivity (Wildman–Crippen MR) is 79.2 cm³/mol. The largest absolute Gasteiger partial charge is 0.388 e. The van der Waals surface area contributed by atoms with Crippen molar-refractivity contribution in [3.8, 4) is 0 Å². The molecule has 0 aromatic carbocycles. The fourth-order valence-corrected chi connectivity index (χ4v) is 1.90. The first-order chi connectivity index (χ1) is 9.54. The van der Waals surface area contributed by atoms with Crippen LogP contribution in [0.4, 0.5) is 11.6 Å². The van der Waals surface area contributed by atoms with Crippen molar-refractivity contribution in [1.29, 1.82) is 0 Å². The van der Waals surface area contributed by atoms with Crippen LogP contribution in [-0.4, -0.2) is 48.0 Å². The molecule has 1 fully saturated rings. The minimum absolute atomic E-state index is 0.431. The first-order valence-corrected chi connectivity index (χ1v) is 7.06. The number of nitrogens with zero attached hydrogens (tertiary/aromatic N) is 2. The molecule has 1 heterocycles. The highest BCUT2D eigenvalue weighted by atomic mass is 16.5. The molecule has 0 aliphatic heterocycles. The Morgan fingerprint density at radius 3 is 2.70 bits per heavy atom. The maximum absolute atomic E-state index is 10.2. The third kappa shape index (κ3) is 4.31. The van der Waals surface area contributed by atoms with Crippen molar-refractivity contribution in [2.45, 2.75) is 37.7 Å². The molecule has 0 spiro atoms. The van der Waals surface area contributed by atoms with Crippen LogP contribution in [0.5, 0.6) is 0 Å². The van der Waals surface area contributed by atoms with Gasteiger partial charge in [-0.1, -0.05) is 0 Å². The van der Waals surface area contributed by atoms with Crippen LogP contribution < -0.4 is 10.6 Å². The number of hydrogen-bond acceptors (Lipinski definition) is 6. The number of nitrogens with one attached hydrogen (secondary N) is 2. The third-order valence-electron chi connectivity index (χ3n) is 3.44. The lowest BCUT2D eigenvalue weighted by atomic mass is 10.0. The molecule has 0 bridgehead atoms. The summed E-state index contributed by atoms with van der Waals surface area (Å²) in [6.07, 6.45) is 2.91. The Kier molecular flexibility index (Phi) is 4.77. The minimum atomic E-state index is -0.819. The molecular weight excluding hydrogens is 256 g/mol. The van der Waals surface area contributed by atoms with Crippen LogP contribution in [0.3, 0.4) is 0 Å². The SMILES string of the molecule is CNc1cc(NCC(C)(O)CCOC)nc(C2CC2)n1. The lowest BCUT2D eigenvalue weighted by molar-refractivity contribution is 0.0357. The summed E-state index contributed by atoms with van der Waals surface area (Å²) in [6, 6.07) is 1.86. The first kappa shape index (κ1) is 15.0. The van der Waals surface area contributed by atoms with Crippen LogP contribution in [-0.2, 0) is 4.74 Å². The molecule has 3 N–H and O–H groups in total. The van der Waals surface area contributed by atoms with E-state index in [9.17, 15) is 5.11 Å². The number of anilines is 2. The van der Waals surface area contributed by atoms with E-state index in [1.807, 2.05) is 13.1 Å². The molecule has 112 valence electrons. The molecule has 1 saturated carbocycles. The smallest absolute Gasteiger partial charge is 0.136 e. The Bertz CT molecular complexity index is 447. The summed E-state index contributed by atoms with van der Waals surface area (Å²) in [4.78, 5) is 8.99. The average Bonchev–Trinajstić information content (AvgIpc) is 3.27. The van der Waals surface area contributed by atoms with Gasteiger partial charge in [-0.3, -0.25) is 0 Å². The number of aromatic nitrogens is 2. The van der Waals surface area contributed by atoms with Gasteiger partial charge in [0.15, 0.2) is 0 Å². The molecule has 0 radical (unpaired) electrons. The minimum Gasteiger partial charge on any atom is -0.388 e. The number of ether oxygens (including phenoxy) is 1. The van der Waals surface area contributed by atoms with Crippen molar-refractivity contribution in [1.82, 2.24) is 9.97 Å². The Hall–Kier alpha value is -1.40. The Balaban J connectivity index is 1.99. The Labute approximate surface area is 120 Å². The van der Waals surface area contributed by atoms with E-state index in [2.05, 4.69) is 20.6 Å². The summed E-state index contributed by atoms with van der Waals surface area (Å²) in [5.41, 5.74) is -0.819. The monoisotopic (exact) mass is 280 g/mol. The second-order valence-electron chi connectivity index (χ2n) is 5.61. The van der Waals surface area contributed by atoms with Crippen LogP contribution in [0.15, 0.2) is 6.07 Å². The summed E-state index contributed by atoms with van der Waals surface area (Å²) in [5, 5.41) is 16.5. The van der Waals surface area contributed by atoms with E-state index >= 15 is 0 Å². The zero-order valence-electron chi connectivity index (χ0n) is 12.4. The van der Waals surface area contributed by atoms with Gasteiger partial charge in [-0.05, 0) is 19.8 Å². The maximum atomic E-state index is 10.2. The van der Waals surface area contributed by atoms with Crippen LogP contribution >= 0.6 is 0 Å². The molecule has 1 aliphatic rings. The molecular formula is C14H24N4O2. The van der Waals surface area contributed by atoms with Crippen molar-refractivity contribution < 1.29 is 9.84 Å². The zero-order valence-corrected chi connectivity index (χ0v) is 12.4. The van der Waals surface area contributed by atoms with E-state index in [-0.39, 0.29) is 0 Å². The van der Waals surface area contributed by atoms with Crippen molar-refractivity contribution in [2.75, 3.05) is 37.9 Å². The zero-order chi connectivity index (χ0) is 14.6. The van der Waals surface area contributed by atoms with Crippen LogP contribution in [0.25, 0.3) is 0 Å². The summed E-state index contributed by atoms with van der Waals surface area (Å²) < 4.78 is 5.00. The van der Waals surface area contributed by atoms with Gasteiger partial charge >= 0.3 is 0 Å². The van der Waals surface area contributed by atoms with E-state index in [0.29, 0.717) is 25.5 Å². The molecule has 1 aromatic rings. The van der Waals surface area contributed by atoms with Gasteiger partial charge in [0.25, 0.3) is 0 Å². The summed E-state index contributed by atoms with van der Waals surface area (Å²) in [7, 11) is 3.48. The first-order valence-electron chi connectivity index (χ1n) is 7.06. The quantitative estimate of drug-likeness (QED) is 0.671. The molecule has 6 heteroatoms. The van der Waals surface area contributed by atoms with Crippen molar-refractivity contribution >= 4 is 11.6 Å². The lowest BCUT2D eigenvalue weighted by Crippen LogP contribution is -2.35. The van der Waals surface area contributed by atoms with Gasteiger partial charge in [0.2, 0.25) is 0 Å². The van der Waals surface area contributed by atoms with Gasteiger partial charge in [-0.2, -0.15) is 0 Å². The fraction of sp³-hybridized carbons (Fsp3) is 0.714. The van der Waals surface area contributed by atoms with E-state index in [0.717, 1.165) is 30.3 Å². The van der Waals surface area contributed by atoms with Gasteiger partial charge in [0, 0.05) is 45.7 Å². The molecule has 1 atom stereocenters. The molecule has 6 nitrogen and oxygen atoms in total. The van der Waals surface area contributed by atoms with Crippen molar-refractivity contribution in [2.24, 2.45) is 0 Å². The maximum Gasteiger partial charge on any atom is 0.136 e. The van der Waals surface area contributed by atoms with E-state index in [1.54, 1.807) is 14.0 Å². The second kappa shape index (κ2) is 6.37. The average molecular weight is 280 g/mol. The normalized spacial score (nSPS) is 17.6. The van der Waals surface area contributed by atoms with Gasteiger partial charge < -0.3 is 20.5 Å². The number of hydrogen-bond donors (Lipinski definition) is 3. The molecule has 0 saturated heterocycles. The van der Waals surface area contributed by atoms with Gasteiger partial charge in [-0.15, -0.1) is 0 Å². The molecule has 1 aromatic heterocycles. The highest BCUT2D eigenvalue weighted by Crippen LogP contribution is 2.38. The standard InChI is InChI=1S/C14H24N4O2/c1-14(19,6-7-20-3)9-16-12-8-11(15-2)17-13(18-12)10-4-5-10/h8,10,19H,4-7,9H2,1-3H3,(H2,15,16,17,18). The van der Waals surface area contributed by atoms with Crippen molar-refractivity contribution in [3.63, 3.8) is 0 Å². The van der Waals surface area contributed by atoms with E-state index in [1.165, 1.54) is 0 Å². The predicted octanol–water partition coefficient (Wildman–Crippen LogP) is 1.60. The van der Waals surface area contributed by atoms with Crippen LogP contribution in [0, 0.1) is 0 Å². The lowest BCUT2D eigenvalue weighted by Gasteiger charge is -2.23. The van der Waals surface area contributed by atoms with Gasteiger partial charge in [0.1, 0.15) is 17.5 Å². The molecule has 1 unspecified atom stereocenters. The molecule has 2 rings (SSSR count). The molecule has 0 amide bonds. The summed E-state index contributed by atoms with van der Waals surface area (Å²) >= 11 is 0. The van der Waals surface area contributed by atoms with Gasteiger partial charge in [0.05, 0.1) is 5.60 Å². The Morgan fingerprint density at radius 1 is 1.40 bits per heavy atom. The number of methoxy groups -OCH3 is 1. The highest BCUT2D eigenvalue weighted by molar-refractivity contribution is 5.48. The second-order valence-corrected chi connectivity index (χ2v) is 5.61. The molecule has 20 heavy (non-hydrogen) atoms. The number of aliphatic hydroxyl groups is 1. The summed E-state index contributed by atoms with van der Waals surface area (Å²) in [5.74, 6) is 2.94. The third-order valence-corrected chi connectivity index (χ3v) is 3.44. The topological polar surface area (TPSA) is 79.3 Å². The van der Waals surface area contributed by atoms with Crippen LogP contribution in [0.1, 0.15) is 37.9 Å². The van der Waals surface area contributed by atoms with Crippen LogP contribution in [0.2, 0.25) is 0 Å². The van der Waals surface area contributed by atoms with Crippen molar-refractivity contribution in [3.05, 3.63) is 11.9 Å². The molecule has 1 aliphatic carbocycles. The van der Waals surface area contributed by atoms with E-state index in [4.69, 9.17) is 4.74 Å². The Morgan fingerprint density at radius 2 is 2.10 bits per heavy atom. The number of rotatable bonds is 8. The fourth-order valence-electron chi connectivity index (χ4n) is 1.90. The summed E-state index contributed by atoms with van der Waals surface area (Å²) in [6.45, 7) is 2.76.